The van der Waals surface area contributed by atoms with E-state index in [9.17, 15) is 22.8 Å². The second kappa shape index (κ2) is 8.02. The Labute approximate surface area is 152 Å². The highest BCUT2D eigenvalue weighted by atomic mass is 19.4. The molecule has 2 aromatic rings. The van der Waals surface area contributed by atoms with Gasteiger partial charge in [-0.05, 0) is 31.2 Å². The molecule has 0 aliphatic heterocycles. The average Bonchev–Trinajstić information content (AvgIpc) is 3.15. The molecule has 1 atom stereocenters. The van der Waals surface area contributed by atoms with Crippen molar-refractivity contribution in [1.29, 1.82) is 0 Å². The first-order valence-corrected chi connectivity index (χ1v) is 7.76. The summed E-state index contributed by atoms with van der Waals surface area (Å²) < 4.78 is 56.5. The molecule has 0 saturated heterocycles. The van der Waals surface area contributed by atoms with Crippen LogP contribution >= 0.6 is 0 Å². The number of alkyl halides is 3. The number of rotatable bonds is 7. The van der Waals surface area contributed by atoms with Crippen LogP contribution in [0.1, 0.15) is 17.5 Å². The van der Waals surface area contributed by atoms with Crippen molar-refractivity contribution in [1.82, 2.24) is 5.32 Å². The molecule has 1 aromatic heterocycles. The van der Waals surface area contributed by atoms with Crippen LogP contribution in [0, 0.1) is 0 Å². The number of benzene rings is 1. The van der Waals surface area contributed by atoms with Gasteiger partial charge < -0.3 is 24.5 Å². The number of anilines is 1. The number of carbonyl (C=O) groups excluding carboxylic acids is 2. The number of furan rings is 1. The predicted octanol–water partition coefficient (Wildman–Crippen LogP) is 2.95. The number of nitrogens with one attached hydrogen (secondary N) is 2. The van der Waals surface area contributed by atoms with Crippen LogP contribution in [0.25, 0.3) is 0 Å². The maximum Gasteiger partial charge on any atom is 0.441 e. The molecule has 0 saturated carbocycles. The Hall–Kier alpha value is -3.17. The van der Waals surface area contributed by atoms with Gasteiger partial charge >= 0.3 is 17.8 Å². The van der Waals surface area contributed by atoms with Crippen LogP contribution in [0.4, 0.5) is 18.9 Å². The summed E-state index contributed by atoms with van der Waals surface area (Å²) in [5.74, 6) is -3.37. The molecule has 27 heavy (non-hydrogen) atoms. The van der Waals surface area contributed by atoms with Crippen LogP contribution in [-0.2, 0) is 9.53 Å². The number of carbonyl (C=O) groups is 2. The van der Waals surface area contributed by atoms with E-state index in [0.29, 0.717) is 0 Å². The molecule has 2 N–H and O–H groups in total. The van der Waals surface area contributed by atoms with E-state index in [4.69, 9.17) is 9.15 Å². The van der Waals surface area contributed by atoms with Crippen molar-refractivity contribution in [3.05, 3.63) is 48.4 Å². The standard InChI is InChI=1S/C17H17F3N2O5/c1-3-26-15(24)16(17(18,19)20,22-14(23)13-9-6-10-27-13)21-11-7-4-5-8-12(11)25-2/h4-10,21H,3H2,1-2H3,(H,22,23)/t16-/m0/s1. The largest absolute Gasteiger partial charge is 0.495 e. The van der Waals surface area contributed by atoms with Crippen molar-refractivity contribution in [3.8, 4) is 5.75 Å². The fourth-order valence-corrected chi connectivity index (χ4v) is 2.22. The van der Waals surface area contributed by atoms with Gasteiger partial charge in [-0.1, -0.05) is 12.1 Å². The summed E-state index contributed by atoms with van der Waals surface area (Å²) in [7, 11) is 1.25. The lowest BCUT2D eigenvalue weighted by Crippen LogP contribution is -2.69. The van der Waals surface area contributed by atoms with E-state index in [0.717, 1.165) is 12.3 Å². The number of ether oxygens (including phenoxy) is 2. The number of amides is 1. The minimum atomic E-state index is -5.26. The first kappa shape index (κ1) is 20.1. The predicted molar refractivity (Wildman–Crippen MR) is 88.2 cm³/mol. The minimum absolute atomic E-state index is 0.0303. The smallest absolute Gasteiger partial charge is 0.441 e. The van der Waals surface area contributed by atoms with Crippen molar-refractivity contribution < 1.29 is 36.7 Å². The molecular weight excluding hydrogens is 369 g/mol. The second-order valence-corrected chi connectivity index (χ2v) is 5.22. The summed E-state index contributed by atoms with van der Waals surface area (Å²) in [4.78, 5) is 24.6. The summed E-state index contributed by atoms with van der Waals surface area (Å²) in [6.45, 7) is 1.01. The van der Waals surface area contributed by atoms with E-state index >= 15 is 0 Å². The summed E-state index contributed by atoms with van der Waals surface area (Å²) >= 11 is 0. The molecule has 7 nitrogen and oxygen atoms in total. The first-order valence-electron chi connectivity index (χ1n) is 7.76. The number of esters is 1. The van der Waals surface area contributed by atoms with Gasteiger partial charge in [0, 0.05) is 0 Å². The summed E-state index contributed by atoms with van der Waals surface area (Å²) in [6, 6.07) is 8.10. The first-order chi connectivity index (χ1) is 12.7. The normalized spacial score (nSPS) is 13.4. The lowest BCUT2D eigenvalue weighted by atomic mass is 10.1. The highest BCUT2D eigenvalue weighted by Crippen LogP contribution is 2.36. The molecule has 1 aromatic carbocycles. The van der Waals surface area contributed by atoms with Gasteiger partial charge in [-0.25, -0.2) is 4.79 Å². The van der Waals surface area contributed by atoms with Gasteiger partial charge in [0.25, 0.3) is 5.91 Å². The van der Waals surface area contributed by atoms with Gasteiger partial charge in [0.2, 0.25) is 0 Å². The molecular formula is C17H17F3N2O5. The molecule has 0 spiro atoms. The van der Waals surface area contributed by atoms with Crippen LogP contribution < -0.4 is 15.4 Å². The van der Waals surface area contributed by atoms with Crippen LogP contribution in [-0.4, -0.2) is 37.4 Å². The van der Waals surface area contributed by atoms with Crippen LogP contribution in [0.15, 0.2) is 47.1 Å². The molecule has 0 aliphatic rings. The SMILES string of the molecule is CCOC(=O)[C@@](NC(=O)c1ccco1)(Nc1ccccc1OC)C(F)(F)F. The molecule has 146 valence electrons. The molecule has 0 fully saturated rings. The third kappa shape index (κ3) is 4.15. The van der Waals surface area contributed by atoms with E-state index in [1.807, 2.05) is 5.32 Å². The molecule has 0 unspecified atom stereocenters. The molecule has 0 aliphatic carbocycles. The van der Waals surface area contributed by atoms with E-state index < -0.39 is 29.5 Å². The minimum Gasteiger partial charge on any atom is -0.495 e. The summed E-state index contributed by atoms with van der Waals surface area (Å²) in [5, 5.41) is 3.69. The van der Waals surface area contributed by atoms with Crippen LogP contribution in [0.2, 0.25) is 0 Å². The maximum atomic E-state index is 14.0. The average molecular weight is 386 g/mol. The highest BCUT2D eigenvalue weighted by molar-refractivity contribution is 5.98. The number of methoxy groups -OCH3 is 1. The van der Waals surface area contributed by atoms with E-state index in [1.165, 1.54) is 44.4 Å². The van der Waals surface area contributed by atoms with Gasteiger partial charge in [-0.2, -0.15) is 13.2 Å². The Kier molecular flexibility index (Phi) is 5.98. The fourth-order valence-electron chi connectivity index (χ4n) is 2.22. The topological polar surface area (TPSA) is 89.8 Å². The van der Waals surface area contributed by atoms with E-state index in [-0.39, 0.29) is 18.0 Å². The third-order valence-corrected chi connectivity index (χ3v) is 3.48. The lowest BCUT2D eigenvalue weighted by Gasteiger charge is -2.35. The molecule has 1 amide bonds. The van der Waals surface area contributed by atoms with Gasteiger partial charge in [0.15, 0.2) is 5.76 Å². The Morgan fingerprint density at radius 2 is 1.85 bits per heavy atom. The zero-order valence-electron chi connectivity index (χ0n) is 14.4. The van der Waals surface area contributed by atoms with Crippen LogP contribution in [0.5, 0.6) is 5.75 Å². The number of hydrogen-bond donors (Lipinski definition) is 2. The number of hydrogen-bond acceptors (Lipinski definition) is 6. The maximum absolute atomic E-state index is 14.0. The molecule has 0 radical (unpaired) electrons. The Morgan fingerprint density at radius 3 is 2.41 bits per heavy atom. The molecule has 1 heterocycles. The van der Waals surface area contributed by atoms with Gasteiger partial charge in [0.05, 0.1) is 25.7 Å². The number of halogens is 3. The van der Waals surface area contributed by atoms with Crippen molar-refractivity contribution in [2.24, 2.45) is 0 Å². The zero-order valence-corrected chi connectivity index (χ0v) is 14.4. The van der Waals surface area contributed by atoms with Gasteiger partial charge in [-0.3, -0.25) is 4.79 Å². The fraction of sp³-hybridized carbons (Fsp3) is 0.294. The van der Waals surface area contributed by atoms with E-state index in [2.05, 4.69) is 4.74 Å². The quantitative estimate of drug-likeness (QED) is 0.562. The Morgan fingerprint density at radius 1 is 1.15 bits per heavy atom. The third-order valence-electron chi connectivity index (χ3n) is 3.48. The monoisotopic (exact) mass is 386 g/mol. The number of para-hydroxylation sites is 2. The van der Waals surface area contributed by atoms with Crippen molar-refractivity contribution >= 4 is 17.6 Å². The van der Waals surface area contributed by atoms with E-state index in [1.54, 1.807) is 5.32 Å². The zero-order chi connectivity index (χ0) is 20.1. The van der Waals surface area contributed by atoms with Crippen molar-refractivity contribution in [3.63, 3.8) is 0 Å². The second-order valence-electron chi connectivity index (χ2n) is 5.22. The Bertz CT molecular complexity index is 792. The summed E-state index contributed by atoms with van der Waals surface area (Å²) in [6.07, 6.45) is -4.15. The lowest BCUT2D eigenvalue weighted by molar-refractivity contribution is -0.204. The van der Waals surface area contributed by atoms with Crippen LogP contribution in [0.3, 0.4) is 0 Å². The molecule has 10 heteroatoms. The Balaban J connectivity index is 2.53. The van der Waals surface area contributed by atoms with Gasteiger partial charge in [-0.15, -0.1) is 0 Å². The van der Waals surface area contributed by atoms with Crippen molar-refractivity contribution in [2.75, 3.05) is 19.0 Å². The molecule has 2 rings (SSSR count). The van der Waals surface area contributed by atoms with Crippen molar-refractivity contribution in [2.45, 2.75) is 18.8 Å². The molecule has 0 bridgehead atoms. The highest BCUT2D eigenvalue weighted by Gasteiger charge is 2.64. The van der Waals surface area contributed by atoms with Gasteiger partial charge in [0.1, 0.15) is 5.75 Å². The summed E-state index contributed by atoms with van der Waals surface area (Å²) in [5.41, 5.74) is -3.74.